The molecular formula is C24H28N4OS. The highest BCUT2D eigenvalue weighted by Gasteiger charge is 2.15. The normalized spacial score (nSPS) is 11.8. The van der Waals surface area contributed by atoms with Gasteiger partial charge in [-0.05, 0) is 43.0 Å². The van der Waals surface area contributed by atoms with Crippen LogP contribution in [0.4, 0.5) is 5.69 Å². The summed E-state index contributed by atoms with van der Waals surface area (Å²) < 4.78 is 1.99. The third-order valence-electron chi connectivity index (χ3n) is 5.01. The zero-order chi connectivity index (χ0) is 21.5. The number of nitrogens with zero attached hydrogens (tertiary/aromatic N) is 3. The van der Waals surface area contributed by atoms with Crippen LogP contribution in [0.3, 0.4) is 0 Å². The molecule has 0 spiro atoms. The zero-order valence-corrected chi connectivity index (χ0v) is 18.6. The van der Waals surface area contributed by atoms with E-state index in [2.05, 4.69) is 54.1 Å². The van der Waals surface area contributed by atoms with Crippen molar-refractivity contribution in [2.24, 2.45) is 0 Å². The van der Waals surface area contributed by atoms with E-state index in [0.29, 0.717) is 17.6 Å². The number of nitrogens with one attached hydrogen (secondary N) is 1. The highest BCUT2D eigenvalue weighted by Crippen LogP contribution is 2.25. The third-order valence-corrected chi connectivity index (χ3v) is 5.98. The molecule has 5 nitrogen and oxygen atoms in total. The van der Waals surface area contributed by atoms with Crippen molar-refractivity contribution in [3.8, 4) is 11.4 Å². The average molecular weight is 421 g/mol. The van der Waals surface area contributed by atoms with Gasteiger partial charge in [-0.3, -0.25) is 9.36 Å². The Labute approximate surface area is 182 Å². The van der Waals surface area contributed by atoms with E-state index in [4.69, 9.17) is 0 Å². The number of carbonyl (C=O) groups is 1. The van der Waals surface area contributed by atoms with Crippen LogP contribution in [0.5, 0.6) is 0 Å². The first-order chi connectivity index (χ1) is 14.5. The minimum absolute atomic E-state index is 0.0680. The molecule has 0 saturated heterocycles. The van der Waals surface area contributed by atoms with Crippen molar-refractivity contribution in [3.63, 3.8) is 0 Å². The number of amides is 1. The maximum Gasteiger partial charge on any atom is 0.234 e. The van der Waals surface area contributed by atoms with Crippen molar-refractivity contribution in [3.05, 3.63) is 72.3 Å². The first-order valence-corrected chi connectivity index (χ1v) is 11.1. The smallest absolute Gasteiger partial charge is 0.234 e. The number of thioether (sulfide) groups is 1. The van der Waals surface area contributed by atoms with Gasteiger partial charge in [0.25, 0.3) is 0 Å². The summed E-state index contributed by atoms with van der Waals surface area (Å²) in [5, 5.41) is 12.3. The molecule has 0 aliphatic carbocycles. The Morgan fingerprint density at radius 3 is 2.67 bits per heavy atom. The first kappa shape index (κ1) is 21.8. The summed E-state index contributed by atoms with van der Waals surface area (Å²) in [5.41, 5.74) is 4.25. The lowest BCUT2D eigenvalue weighted by atomic mass is 9.99. The fourth-order valence-corrected chi connectivity index (χ4v) is 3.89. The van der Waals surface area contributed by atoms with Crippen LogP contribution < -0.4 is 5.32 Å². The van der Waals surface area contributed by atoms with Crippen molar-refractivity contribution in [1.29, 1.82) is 0 Å². The first-order valence-electron chi connectivity index (χ1n) is 10.2. The Kier molecular flexibility index (Phi) is 7.46. The molecule has 2 aromatic carbocycles. The van der Waals surface area contributed by atoms with Gasteiger partial charge in [-0.25, -0.2) is 0 Å². The van der Waals surface area contributed by atoms with Crippen molar-refractivity contribution in [2.75, 3.05) is 11.1 Å². The van der Waals surface area contributed by atoms with Crippen LogP contribution >= 0.6 is 11.8 Å². The van der Waals surface area contributed by atoms with E-state index in [-0.39, 0.29) is 11.7 Å². The molecule has 1 amide bonds. The van der Waals surface area contributed by atoms with E-state index in [0.717, 1.165) is 29.1 Å². The Morgan fingerprint density at radius 1 is 1.23 bits per heavy atom. The van der Waals surface area contributed by atoms with Crippen molar-refractivity contribution in [1.82, 2.24) is 14.8 Å². The minimum Gasteiger partial charge on any atom is -0.325 e. The molecule has 0 radical (unpaired) electrons. The molecule has 0 saturated carbocycles. The summed E-state index contributed by atoms with van der Waals surface area (Å²) >= 11 is 1.38. The predicted octanol–water partition coefficient (Wildman–Crippen LogP) is 5.68. The van der Waals surface area contributed by atoms with Crippen LogP contribution in [0.2, 0.25) is 0 Å². The molecule has 0 bridgehead atoms. The Bertz CT molecular complexity index is 1010. The van der Waals surface area contributed by atoms with Gasteiger partial charge < -0.3 is 5.32 Å². The molecule has 3 aromatic rings. The monoisotopic (exact) mass is 420 g/mol. The van der Waals surface area contributed by atoms with Gasteiger partial charge in [0, 0.05) is 17.8 Å². The molecule has 30 heavy (non-hydrogen) atoms. The largest absolute Gasteiger partial charge is 0.325 e. The molecule has 0 aliphatic heterocycles. The molecule has 1 N–H and O–H groups in total. The van der Waals surface area contributed by atoms with Crippen LogP contribution in [0, 0.1) is 6.92 Å². The standard InChI is InChI=1S/C24H28N4OS/c1-5-14-28-23(20-9-7-8-17(3)15-20)26-27-24(28)30-16-22(29)25-21-12-10-19(11-13-21)18(4)6-2/h5,7-13,15,18H,1,6,14,16H2,2-4H3,(H,25,29)/t18-/m1/s1. The van der Waals surface area contributed by atoms with Crippen LogP contribution in [0.25, 0.3) is 11.4 Å². The van der Waals surface area contributed by atoms with E-state index in [1.54, 1.807) is 0 Å². The summed E-state index contributed by atoms with van der Waals surface area (Å²) in [6.07, 6.45) is 2.91. The molecule has 0 aliphatic rings. The molecule has 1 atom stereocenters. The molecule has 0 unspecified atom stereocenters. The summed E-state index contributed by atoms with van der Waals surface area (Å²) in [6.45, 7) is 10.8. The molecule has 1 heterocycles. The van der Waals surface area contributed by atoms with E-state index < -0.39 is 0 Å². The lowest BCUT2D eigenvalue weighted by Gasteiger charge is -2.11. The Balaban J connectivity index is 1.66. The molecule has 156 valence electrons. The van der Waals surface area contributed by atoms with Crippen LogP contribution in [0.15, 0.2) is 66.3 Å². The second kappa shape index (κ2) is 10.3. The number of carbonyl (C=O) groups excluding carboxylic acids is 1. The summed E-state index contributed by atoms with van der Waals surface area (Å²) in [5.74, 6) is 1.49. The van der Waals surface area contributed by atoms with Gasteiger partial charge >= 0.3 is 0 Å². The lowest BCUT2D eigenvalue weighted by Crippen LogP contribution is -2.14. The predicted molar refractivity (Wildman–Crippen MR) is 125 cm³/mol. The topological polar surface area (TPSA) is 59.8 Å². The van der Waals surface area contributed by atoms with Gasteiger partial charge in [-0.15, -0.1) is 16.8 Å². The number of benzene rings is 2. The number of aromatic nitrogens is 3. The number of aryl methyl sites for hydroxylation is 1. The van der Waals surface area contributed by atoms with Gasteiger partial charge in [0.2, 0.25) is 5.91 Å². The minimum atomic E-state index is -0.0680. The molecule has 0 fully saturated rings. The quantitative estimate of drug-likeness (QED) is 0.357. The van der Waals surface area contributed by atoms with Gasteiger partial charge in [0.1, 0.15) is 0 Å². The van der Waals surface area contributed by atoms with Crippen LogP contribution in [0.1, 0.15) is 37.3 Å². The maximum atomic E-state index is 12.4. The van der Waals surface area contributed by atoms with Gasteiger partial charge in [0.15, 0.2) is 11.0 Å². The Hall–Kier alpha value is -2.86. The molecule has 1 aromatic heterocycles. The zero-order valence-electron chi connectivity index (χ0n) is 17.8. The fourth-order valence-electron chi connectivity index (χ4n) is 3.14. The molecule has 6 heteroatoms. The van der Waals surface area contributed by atoms with Gasteiger partial charge in [0.05, 0.1) is 5.75 Å². The van der Waals surface area contributed by atoms with Crippen molar-refractivity contribution >= 4 is 23.4 Å². The number of hydrogen-bond donors (Lipinski definition) is 1. The van der Waals surface area contributed by atoms with E-state index >= 15 is 0 Å². The summed E-state index contributed by atoms with van der Waals surface area (Å²) in [4.78, 5) is 12.4. The van der Waals surface area contributed by atoms with E-state index in [1.807, 2.05) is 47.9 Å². The lowest BCUT2D eigenvalue weighted by molar-refractivity contribution is -0.113. The second-order valence-electron chi connectivity index (χ2n) is 7.34. The molecular weight excluding hydrogens is 392 g/mol. The highest BCUT2D eigenvalue weighted by molar-refractivity contribution is 7.99. The Morgan fingerprint density at radius 2 is 2.00 bits per heavy atom. The average Bonchev–Trinajstić information content (AvgIpc) is 3.15. The van der Waals surface area contributed by atoms with E-state index in [9.17, 15) is 4.79 Å². The highest BCUT2D eigenvalue weighted by atomic mass is 32.2. The van der Waals surface area contributed by atoms with E-state index in [1.165, 1.54) is 17.3 Å². The maximum absolute atomic E-state index is 12.4. The van der Waals surface area contributed by atoms with Crippen LogP contribution in [-0.4, -0.2) is 26.4 Å². The van der Waals surface area contributed by atoms with Crippen molar-refractivity contribution in [2.45, 2.75) is 44.8 Å². The number of hydrogen-bond acceptors (Lipinski definition) is 4. The number of rotatable bonds is 9. The number of allylic oxidation sites excluding steroid dienone is 1. The van der Waals surface area contributed by atoms with Crippen molar-refractivity contribution < 1.29 is 4.79 Å². The van der Waals surface area contributed by atoms with Gasteiger partial charge in [-0.2, -0.15) is 0 Å². The fraction of sp³-hybridized carbons (Fsp3) is 0.292. The third kappa shape index (κ3) is 5.39. The van der Waals surface area contributed by atoms with Gasteiger partial charge in [-0.1, -0.05) is 67.6 Å². The number of anilines is 1. The second-order valence-corrected chi connectivity index (χ2v) is 8.29. The summed E-state index contributed by atoms with van der Waals surface area (Å²) in [7, 11) is 0. The molecule has 3 rings (SSSR count). The summed E-state index contributed by atoms with van der Waals surface area (Å²) in [6, 6.07) is 16.2. The van der Waals surface area contributed by atoms with Crippen LogP contribution in [-0.2, 0) is 11.3 Å². The SMILES string of the molecule is C=CCn1c(SCC(=O)Nc2ccc([C@H](C)CC)cc2)nnc1-c1cccc(C)c1.